The highest BCUT2D eigenvalue weighted by Gasteiger charge is 2.39. The minimum Gasteiger partial charge on any atom is -0.356 e. The van der Waals surface area contributed by atoms with E-state index in [0.717, 1.165) is 24.7 Å². The molecule has 0 saturated carbocycles. The van der Waals surface area contributed by atoms with E-state index in [-0.39, 0.29) is 0 Å². The van der Waals surface area contributed by atoms with Crippen molar-refractivity contribution in [1.29, 1.82) is 0 Å². The van der Waals surface area contributed by atoms with Gasteiger partial charge >= 0.3 is 0 Å². The molecular formula is C17H23N3O. The lowest BCUT2D eigenvalue weighted by atomic mass is 9.83. The van der Waals surface area contributed by atoms with Crippen LogP contribution in [0.25, 0.3) is 0 Å². The summed E-state index contributed by atoms with van der Waals surface area (Å²) in [6, 6.07) is 0.514. The molecular weight excluding hydrogens is 262 g/mol. The Kier molecular flexibility index (Phi) is 3.32. The number of aliphatic imine (C=N–C) groups is 1. The zero-order chi connectivity index (χ0) is 14.3. The molecule has 2 atom stereocenters. The van der Waals surface area contributed by atoms with Gasteiger partial charge in [0.1, 0.15) is 0 Å². The molecule has 3 fully saturated rings. The van der Waals surface area contributed by atoms with E-state index < -0.39 is 5.72 Å². The number of methoxy groups -OCH3 is 1. The summed E-state index contributed by atoms with van der Waals surface area (Å²) in [5, 5.41) is 3.77. The number of nitrogens with zero attached hydrogens (tertiary/aromatic N) is 2. The lowest BCUT2D eigenvalue weighted by Crippen LogP contribution is -2.62. The number of hydrogen-bond donors (Lipinski definition) is 1. The van der Waals surface area contributed by atoms with Crippen LogP contribution in [0.5, 0.6) is 0 Å². The van der Waals surface area contributed by atoms with Gasteiger partial charge in [-0.3, -0.25) is 10.3 Å². The van der Waals surface area contributed by atoms with Crippen molar-refractivity contribution in [3.05, 3.63) is 36.0 Å². The van der Waals surface area contributed by atoms with Gasteiger partial charge in [0.2, 0.25) is 0 Å². The average molecular weight is 285 g/mol. The summed E-state index contributed by atoms with van der Waals surface area (Å²) in [5.41, 5.74) is 1.75. The van der Waals surface area contributed by atoms with Crippen molar-refractivity contribution in [2.75, 3.05) is 33.3 Å². The minimum atomic E-state index is -0.487. The van der Waals surface area contributed by atoms with Gasteiger partial charge in [0.15, 0.2) is 5.72 Å². The lowest BCUT2D eigenvalue weighted by molar-refractivity contribution is -0.00824. The quantitative estimate of drug-likeness (QED) is 0.799. The van der Waals surface area contributed by atoms with Crippen molar-refractivity contribution >= 4 is 5.71 Å². The molecule has 112 valence electrons. The monoisotopic (exact) mass is 285 g/mol. The second-order valence-corrected chi connectivity index (χ2v) is 6.45. The van der Waals surface area contributed by atoms with Crippen LogP contribution < -0.4 is 5.32 Å². The van der Waals surface area contributed by atoms with Gasteiger partial charge < -0.3 is 9.64 Å². The van der Waals surface area contributed by atoms with Crippen LogP contribution in [0.1, 0.15) is 12.8 Å². The van der Waals surface area contributed by atoms with E-state index >= 15 is 0 Å². The maximum atomic E-state index is 5.86. The van der Waals surface area contributed by atoms with Gasteiger partial charge in [0.05, 0.1) is 12.3 Å². The maximum Gasteiger partial charge on any atom is 0.158 e. The summed E-state index contributed by atoms with van der Waals surface area (Å²) in [5.74, 6) is 0.783. The van der Waals surface area contributed by atoms with Crippen LogP contribution in [-0.2, 0) is 4.74 Å². The molecule has 0 aromatic rings. The lowest BCUT2D eigenvalue weighted by Gasteiger charge is -2.48. The first-order valence-electron chi connectivity index (χ1n) is 7.97. The molecule has 4 heteroatoms. The highest BCUT2D eigenvalue weighted by Crippen LogP contribution is 2.31. The molecule has 21 heavy (non-hydrogen) atoms. The first-order chi connectivity index (χ1) is 10.3. The third kappa shape index (κ3) is 2.41. The minimum absolute atomic E-state index is 0.487. The molecule has 0 radical (unpaired) electrons. The fraction of sp³-hybridized carbons (Fsp3) is 0.588. The summed E-state index contributed by atoms with van der Waals surface area (Å²) in [7, 11) is 1.78. The number of hydrogen-bond acceptors (Lipinski definition) is 4. The molecule has 3 saturated heterocycles. The van der Waals surface area contributed by atoms with Gasteiger partial charge in [-0.25, -0.2) is 0 Å². The van der Waals surface area contributed by atoms with Crippen molar-refractivity contribution < 1.29 is 4.74 Å². The molecule has 4 aliphatic heterocycles. The van der Waals surface area contributed by atoms with E-state index in [4.69, 9.17) is 4.74 Å². The van der Waals surface area contributed by atoms with Crippen molar-refractivity contribution in [2.45, 2.75) is 24.6 Å². The Labute approximate surface area is 126 Å². The molecule has 0 spiro atoms. The van der Waals surface area contributed by atoms with Crippen molar-refractivity contribution in [1.82, 2.24) is 10.2 Å². The first kappa shape index (κ1) is 13.4. The number of nitrogens with one attached hydrogen (secondary N) is 1. The van der Waals surface area contributed by atoms with Gasteiger partial charge in [0, 0.05) is 19.7 Å². The highest BCUT2D eigenvalue weighted by molar-refractivity contribution is 6.12. The van der Waals surface area contributed by atoms with Gasteiger partial charge in [-0.15, -0.1) is 0 Å². The predicted molar refractivity (Wildman–Crippen MR) is 84.5 cm³/mol. The number of allylic oxidation sites excluding steroid dienone is 3. The van der Waals surface area contributed by atoms with Crippen molar-refractivity contribution in [2.24, 2.45) is 10.9 Å². The van der Waals surface area contributed by atoms with E-state index in [1.54, 1.807) is 7.11 Å². The molecule has 5 rings (SSSR count). The molecule has 0 aromatic carbocycles. The predicted octanol–water partition coefficient (Wildman–Crippen LogP) is 1.52. The van der Waals surface area contributed by atoms with Crippen LogP contribution in [0.15, 0.2) is 40.9 Å². The fourth-order valence-corrected chi connectivity index (χ4v) is 3.95. The third-order valence-electron chi connectivity index (χ3n) is 5.22. The van der Waals surface area contributed by atoms with E-state index in [2.05, 4.69) is 45.6 Å². The number of piperidine rings is 3. The largest absolute Gasteiger partial charge is 0.356 e. The third-order valence-corrected chi connectivity index (χ3v) is 5.22. The number of ether oxygens (including phenoxy) is 1. The number of rotatable bonds is 3. The fourth-order valence-electron chi connectivity index (χ4n) is 3.95. The van der Waals surface area contributed by atoms with Crippen molar-refractivity contribution in [3.63, 3.8) is 0 Å². The molecule has 2 bridgehead atoms. The van der Waals surface area contributed by atoms with Crippen LogP contribution in [-0.4, -0.2) is 55.7 Å². The Balaban J connectivity index is 1.57. The van der Waals surface area contributed by atoms with E-state index in [9.17, 15) is 0 Å². The van der Waals surface area contributed by atoms with Crippen LogP contribution in [0.3, 0.4) is 0 Å². The van der Waals surface area contributed by atoms with E-state index in [0.29, 0.717) is 6.04 Å². The molecule has 4 heterocycles. The topological polar surface area (TPSA) is 36.9 Å². The van der Waals surface area contributed by atoms with E-state index in [1.807, 2.05) is 0 Å². The zero-order valence-corrected chi connectivity index (χ0v) is 12.6. The van der Waals surface area contributed by atoms with Gasteiger partial charge in [-0.05, 0) is 55.7 Å². The summed E-state index contributed by atoms with van der Waals surface area (Å²) >= 11 is 0. The highest BCUT2D eigenvalue weighted by atomic mass is 16.5. The summed E-state index contributed by atoms with van der Waals surface area (Å²) in [6.45, 7) is 4.45. The SMILES string of the molecule is COC1(NC2CN3CCC2CC3)C=CC2=NCC=CC2=C1. The van der Waals surface area contributed by atoms with Gasteiger partial charge in [-0.2, -0.15) is 0 Å². The van der Waals surface area contributed by atoms with Crippen molar-refractivity contribution in [3.8, 4) is 0 Å². The Morgan fingerprint density at radius 1 is 1.33 bits per heavy atom. The van der Waals surface area contributed by atoms with Crippen LogP contribution in [0.4, 0.5) is 0 Å². The smallest absolute Gasteiger partial charge is 0.158 e. The van der Waals surface area contributed by atoms with Gasteiger partial charge in [-0.1, -0.05) is 12.2 Å². The molecule has 1 N–H and O–H groups in total. The maximum absolute atomic E-state index is 5.86. The Morgan fingerprint density at radius 2 is 2.19 bits per heavy atom. The standard InChI is InChI=1S/C17H23N3O/c1-21-17(7-4-15-14(11-17)3-2-8-18-15)19-16-12-20-9-5-13(16)6-10-20/h2-4,7,11,13,16,19H,5-6,8-10,12H2,1H3. The van der Waals surface area contributed by atoms with Crippen LogP contribution in [0, 0.1) is 5.92 Å². The second kappa shape index (κ2) is 5.20. The Bertz CT molecular complexity index is 540. The number of fused-ring (bicyclic) bond motifs is 4. The summed E-state index contributed by atoms with van der Waals surface area (Å²) in [6.07, 6.45) is 13.3. The number of dihydropyridines is 1. The first-order valence-corrected chi connectivity index (χ1v) is 7.97. The molecule has 1 aliphatic carbocycles. The van der Waals surface area contributed by atoms with Crippen LogP contribution >= 0.6 is 0 Å². The molecule has 5 aliphatic rings. The normalized spacial score (nSPS) is 40.7. The Morgan fingerprint density at radius 3 is 2.90 bits per heavy atom. The summed E-state index contributed by atoms with van der Waals surface area (Å²) < 4.78 is 5.86. The second-order valence-electron chi connectivity index (χ2n) is 6.45. The molecule has 0 aromatic heterocycles. The van der Waals surface area contributed by atoms with Crippen LogP contribution in [0.2, 0.25) is 0 Å². The molecule has 4 nitrogen and oxygen atoms in total. The Hall–Kier alpha value is -1.23. The van der Waals surface area contributed by atoms with E-state index in [1.165, 1.54) is 31.5 Å². The zero-order valence-electron chi connectivity index (χ0n) is 12.6. The molecule has 0 amide bonds. The molecule has 2 unspecified atom stereocenters. The summed E-state index contributed by atoms with van der Waals surface area (Å²) in [4.78, 5) is 7.08. The average Bonchev–Trinajstić information content (AvgIpc) is 2.56. The van der Waals surface area contributed by atoms with Gasteiger partial charge in [0.25, 0.3) is 0 Å².